The van der Waals surface area contributed by atoms with Crippen molar-refractivity contribution in [2.45, 2.75) is 18.4 Å². The smallest absolute Gasteiger partial charge is 0.257 e. The fraction of sp³-hybridized carbons (Fsp3) is 0.158. The lowest BCUT2D eigenvalue weighted by Crippen LogP contribution is -2.12. The largest absolute Gasteiger partial charge is 0.326 e. The maximum atomic E-state index is 12.3. The van der Waals surface area contributed by atoms with Crippen LogP contribution in [0.1, 0.15) is 27.9 Å². The number of aromatic nitrogens is 2. The van der Waals surface area contributed by atoms with E-state index in [1.54, 1.807) is 36.0 Å². The minimum Gasteiger partial charge on any atom is -0.326 e. The van der Waals surface area contributed by atoms with Crippen molar-refractivity contribution in [2.75, 3.05) is 10.6 Å². The van der Waals surface area contributed by atoms with Crippen LogP contribution in [0.4, 0.5) is 10.8 Å². The highest BCUT2D eigenvalue weighted by Crippen LogP contribution is 2.23. The Hall–Kier alpha value is -2.71. The first-order valence-electron chi connectivity index (χ1n) is 8.23. The predicted octanol–water partition coefficient (Wildman–Crippen LogP) is 4.18. The minimum atomic E-state index is -0.260. The summed E-state index contributed by atoms with van der Waals surface area (Å²) < 4.78 is 0. The lowest BCUT2D eigenvalue weighted by molar-refractivity contribution is -0.114. The second-order valence-electron chi connectivity index (χ2n) is 5.69. The molecule has 8 heteroatoms. The zero-order chi connectivity index (χ0) is 19.1. The molecule has 0 saturated carbocycles. The Balaban J connectivity index is 1.50. The van der Waals surface area contributed by atoms with Gasteiger partial charge in [-0.25, -0.2) is 0 Å². The van der Waals surface area contributed by atoms with E-state index < -0.39 is 0 Å². The van der Waals surface area contributed by atoms with E-state index in [1.165, 1.54) is 23.8 Å². The van der Waals surface area contributed by atoms with Crippen LogP contribution in [0.2, 0.25) is 0 Å². The van der Waals surface area contributed by atoms with Gasteiger partial charge in [0.2, 0.25) is 11.0 Å². The molecular weight excluding hydrogens is 380 g/mol. The van der Waals surface area contributed by atoms with Crippen LogP contribution in [0, 0.1) is 0 Å². The van der Waals surface area contributed by atoms with Gasteiger partial charge < -0.3 is 5.32 Å². The van der Waals surface area contributed by atoms with Crippen molar-refractivity contribution in [2.24, 2.45) is 0 Å². The van der Waals surface area contributed by atoms with Gasteiger partial charge >= 0.3 is 0 Å². The lowest BCUT2D eigenvalue weighted by atomic mass is 10.2. The Morgan fingerprint density at radius 1 is 0.963 bits per heavy atom. The normalized spacial score (nSPS) is 10.4. The van der Waals surface area contributed by atoms with Gasteiger partial charge in [-0.2, -0.15) is 0 Å². The average molecular weight is 399 g/mol. The fourth-order valence-electron chi connectivity index (χ4n) is 2.27. The summed E-state index contributed by atoms with van der Waals surface area (Å²) in [5, 5.41) is 14.9. The molecule has 27 heavy (non-hydrogen) atoms. The maximum Gasteiger partial charge on any atom is 0.257 e. The quantitative estimate of drug-likeness (QED) is 0.624. The summed E-state index contributed by atoms with van der Waals surface area (Å²) in [5.41, 5.74) is 2.40. The van der Waals surface area contributed by atoms with Crippen molar-refractivity contribution >= 4 is 45.7 Å². The molecule has 2 aromatic carbocycles. The van der Waals surface area contributed by atoms with Crippen LogP contribution in [0.3, 0.4) is 0 Å². The molecule has 0 aliphatic carbocycles. The number of carbonyl (C=O) groups is 2. The maximum absolute atomic E-state index is 12.3. The molecule has 0 fully saturated rings. The molecule has 3 aromatic rings. The standard InChI is InChI=1S/C19H18N4O2S2/c1-13(24)20-16-9-7-15(8-10-16)18(25)21-19-23-22-17(27-19)12-26-11-14-5-3-2-4-6-14/h2-10H,11-12H2,1H3,(H,20,24)(H,21,23,25). The molecule has 138 valence electrons. The highest BCUT2D eigenvalue weighted by molar-refractivity contribution is 7.97. The van der Waals surface area contributed by atoms with Gasteiger partial charge in [0.25, 0.3) is 5.91 Å². The van der Waals surface area contributed by atoms with Crippen molar-refractivity contribution in [1.29, 1.82) is 0 Å². The van der Waals surface area contributed by atoms with E-state index in [2.05, 4.69) is 33.0 Å². The number of hydrogen-bond donors (Lipinski definition) is 2. The molecule has 0 spiro atoms. The van der Waals surface area contributed by atoms with Crippen LogP contribution < -0.4 is 10.6 Å². The summed E-state index contributed by atoms with van der Waals surface area (Å²) in [6, 6.07) is 16.9. The fourth-order valence-corrected chi connectivity index (χ4v) is 4.05. The Labute approximate surface area is 165 Å². The molecular formula is C19H18N4O2S2. The van der Waals surface area contributed by atoms with E-state index in [1.807, 2.05) is 18.2 Å². The molecule has 0 radical (unpaired) electrons. The summed E-state index contributed by atoms with van der Waals surface area (Å²) in [7, 11) is 0. The average Bonchev–Trinajstić information content (AvgIpc) is 3.10. The number of nitrogens with one attached hydrogen (secondary N) is 2. The van der Waals surface area contributed by atoms with Gasteiger partial charge in [-0.1, -0.05) is 41.7 Å². The van der Waals surface area contributed by atoms with Crippen molar-refractivity contribution in [3.05, 3.63) is 70.7 Å². The molecule has 0 aliphatic rings. The zero-order valence-corrected chi connectivity index (χ0v) is 16.3. The topological polar surface area (TPSA) is 84.0 Å². The number of rotatable bonds is 7. The van der Waals surface area contributed by atoms with E-state index in [0.717, 1.165) is 16.5 Å². The van der Waals surface area contributed by atoms with Gasteiger partial charge in [0.1, 0.15) is 5.01 Å². The molecule has 1 aromatic heterocycles. The third kappa shape index (κ3) is 5.90. The van der Waals surface area contributed by atoms with E-state index >= 15 is 0 Å². The van der Waals surface area contributed by atoms with Crippen LogP contribution >= 0.6 is 23.1 Å². The van der Waals surface area contributed by atoms with Gasteiger partial charge in [-0.15, -0.1) is 22.0 Å². The van der Waals surface area contributed by atoms with E-state index in [0.29, 0.717) is 16.4 Å². The molecule has 1 heterocycles. The van der Waals surface area contributed by atoms with E-state index in [9.17, 15) is 9.59 Å². The molecule has 0 aliphatic heterocycles. The summed E-state index contributed by atoms with van der Waals surface area (Å²) in [5.74, 6) is 1.24. The van der Waals surface area contributed by atoms with Crippen molar-refractivity contribution < 1.29 is 9.59 Å². The van der Waals surface area contributed by atoms with E-state index in [4.69, 9.17) is 0 Å². The molecule has 0 unspecified atom stereocenters. The third-order valence-corrected chi connectivity index (χ3v) is 5.53. The van der Waals surface area contributed by atoms with Crippen LogP contribution in [0.5, 0.6) is 0 Å². The third-order valence-electron chi connectivity index (χ3n) is 3.49. The molecule has 3 rings (SSSR count). The summed E-state index contributed by atoms with van der Waals surface area (Å²) in [6.45, 7) is 1.44. The van der Waals surface area contributed by atoms with Gasteiger partial charge in [0, 0.05) is 29.7 Å². The van der Waals surface area contributed by atoms with Crippen LogP contribution in [-0.4, -0.2) is 22.0 Å². The molecule has 2 amide bonds. The first kappa shape index (κ1) is 19.1. The number of hydrogen-bond acceptors (Lipinski definition) is 6. The molecule has 0 saturated heterocycles. The number of carbonyl (C=O) groups excluding carboxylic acids is 2. The molecule has 6 nitrogen and oxygen atoms in total. The van der Waals surface area contributed by atoms with Crippen molar-refractivity contribution in [3.63, 3.8) is 0 Å². The second kappa shape index (κ2) is 9.29. The van der Waals surface area contributed by atoms with Gasteiger partial charge in [0.15, 0.2) is 0 Å². The highest BCUT2D eigenvalue weighted by Gasteiger charge is 2.10. The summed E-state index contributed by atoms with van der Waals surface area (Å²) in [6.07, 6.45) is 0. The first-order valence-corrected chi connectivity index (χ1v) is 10.2. The first-order chi connectivity index (χ1) is 13.1. The van der Waals surface area contributed by atoms with Crippen molar-refractivity contribution in [3.8, 4) is 0 Å². The summed E-state index contributed by atoms with van der Waals surface area (Å²) >= 11 is 3.13. The molecule has 0 bridgehead atoms. The van der Waals surface area contributed by atoms with Crippen LogP contribution in [0.25, 0.3) is 0 Å². The van der Waals surface area contributed by atoms with Gasteiger partial charge in [-0.05, 0) is 29.8 Å². The number of anilines is 2. The number of nitrogens with zero attached hydrogens (tertiary/aromatic N) is 2. The summed E-state index contributed by atoms with van der Waals surface area (Å²) in [4.78, 5) is 23.3. The number of benzene rings is 2. The molecule has 2 N–H and O–H groups in total. The van der Waals surface area contributed by atoms with Crippen LogP contribution in [0.15, 0.2) is 54.6 Å². The van der Waals surface area contributed by atoms with Crippen LogP contribution in [-0.2, 0) is 16.3 Å². The molecule has 0 atom stereocenters. The highest BCUT2D eigenvalue weighted by atomic mass is 32.2. The van der Waals surface area contributed by atoms with Gasteiger partial charge in [-0.3, -0.25) is 14.9 Å². The van der Waals surface area contributed by atoms with E-state index in [-0.39, 0.29) is 11.8 Å². The minimum absolute atomic E-state index is 0.154. The van der Waals surface area contributed by atoms with Crippen molar-refractivity contribution in [1.82, 2.24) is 10.2 Å². The number of thioether (sulfide) groups is 1. The Morgan fingerprint density at radius 2 is 1.70 bits per heavy atom. The Kier molecular flexibility index (Phi) is 6.56. The second-order valence-corrected chi connectivity index (χ2v) is 7.74. The predicted molar refractivity (Wildman–Crippen MR) is 110 cm³/mol. The number of amides is 2. The van der Waals surface area contributed by atoms with Gasteiger partial charge in [0.05, 0.1) is 0 Å². The Morgan fingerprint density at radius 3 is 2.41 bits per heavy atom. The monoisotopic (exact) mass is 398 g/mol. The SMILES string of the molecule is CC(=O)Nc1ccc(C(=O)Nc2nnc(CSCc3ccccc3)s2)cc1. The Bertz CT molecular complexity index is 911. The zero-order valence-electron chi connectivity index (χ0n) is 14.6. The lowest BCUT2D eigenvalue weighted by Gasteiger charge is -2.04.